The molecule has 0 bridgehead atoms. The van der Waals surface area contributed by atoms with Gasteiger partial charge in [-0.05, 0) is 19.8 Å². The van der Waals surface area contributed by atoms with E-state index >= 15 is 0 Å². The van der Waals surface area contributed by atoms with Gasteiger partial charge in [-0.2, -0.15) is 0 Å². The van der Waals surface area contributed by atoms with Crippen LogP contribution in [0.2, 0.25) is 0 Å². The molecule has 2 aliphatic rings. The fraction of sp³-hybridized carbons (Fsp3) is 0.812. The van der Waals surface area contributed by atoms with Crippen LogP contribution in [0.1, 0.15) is 72.1 Å². The van der Waals surface area contributed by atoms with Crippen molar-refractivity contribution in [2.24, 2.45) is 11.8 Å². The number of ether oxygens (including phenoxy) is 3. The third-order valence-corrected chi connectivity index (χ3v) is 8.72. The molecule has 0 aromatic rings. The normalized spacial score (nSPS) is 26.1. The zero-order valence-electron chi connectivity index (χ0n) is 29.0. The van der Waals surface area contributed by atoms with E-state index in [1.54, 1.807) is 0 Å². The van der Waals surface area contributed by atoms with Crippen LogP contribution in [0.4, 0.5) is 0 Å². The number of carbonyl (C=O) groups is 6. The molecule has 8 N–H and O–H groups in total. The largest absolute Gasteiger partial charge is 0.480 e. The van der Waals surface area contributed by atoms with E-state index in [1.165, 1.54) is 11.8 Å². The van der Waals surface area contributed by atoms with Crippen molar-refractivity contribution in [1.29, 1.82) is 0 Å². The number of nitrogens with one attached hydrogen (secondary N) is 3. The number of aliphatic hydroxyl groups is 3. The monoisotopic (exact) mass is 718 g/mol. The highest BCUT2D eigenvalue weighted by molar-refractivity contribution is 5.94. The van der Waals surface area contributed by atoms with Crippen LogP contribution in [0.3, 0.4) is 0 Å². The van der Waals surface area contributed by atoms with Gasteiger partial charge in [0.15, 0.2) is 6.29 Å². The van der Waals surface area contributed by atoms with Crippen LogP contribution < -0.4 is 16.0 Å². The number of amides is 4. The Morgan fingerprint density at radius 2 is 1.32 bits per heavy atom. The number of aliphatic carboxylic acids is 2. The second-order valence-electron chi connectivity index (χ2n) is 12.6. The molecule has 2 saturated heterocycles. The molecule has 0 radical (unpaired) electrons. The lowest BCUT2D eigenvalue weighted by Crippen LogP contribution is -2.57. The van der Waals surface area contributed by atoms with Crippen molar-refractivity contribution >= 4 is 35.6 Å². The van der Waals surface area contributed by atoms with Gasteiger partial charge in [-0.25, -0.2) is 9.59 Å². The van der Waals surface area contributed by atoms with Crippen molar-refractivity contribution in [3.05, 3.63) is 0 Å². The first-order valence-electron chi connectivity index (χ1n) is 17.2. The molecule has 0 saturated carbocycles. The second kappa shape index (κ2) is 21.7. The molecule has 18 nitrogen and oxygen atoms in total. The van der Waals surface area contributed by atoms with Crippen molar-refractivity contribution in [3.8, 4) is 0 Å². The van der Waals surface area contributed by atoms with E-state index < -0.39 is 90.2 Å². The lowest BCUT2D eigenvalue weighted by molar-refractivity contribution is -0.294. The first-order valence-corrected chi connectivity index (χ1v) is 17.2. The molecular weight excluding hydrogens is 664 g/mol. The van der Waals surface area contributed by atoms with Crippen LogP contribution in [0.25, 0.3) is 0 Å². The fourth-order valence-electron chi connectivity index (χ4n) is 5.63. The van der Waals surface area contributed by atoms with Gasteiger partial charge in [0.25, 0.3) is 0 Å². The summed E-state index contributed by atoms with van der Waals surface area (Å²) >= 11 is 0. The summed E-state index contributed by atoms with van der Waals surface area (Å²) in [5.74, 6) is -7.18. The average molecular weight is 719 g/mol. The summed E-state index contributed by atoms with van der Waals surface area (Å²) in [7, 11) is 0. The summed E-state index contributed by atoms with van der Waals surface area (Å²) in [5.41, 5.74) is 0. The summed E-state index contributed by atoms with van der Waals surface area (Å²) in [5, 5.41) is 56.2. The number of hydrogen-bond donors (Lipinski definition) is 8. The number of nitrogens with zero attached hydrogens (tertiary/aromatic N) is 1. The number of aliphatic hydroxyl groups excluding tert-OH is 3. The van der Waals surface area contributed by atoms with Crippen LogP contribution in [0.15, 0.2) is 0 Å². The van der Waals surface area contributed by atoms with E-state index in [4.69, 9.17) is 14.2 Å². The van der Waals surface area contributed by atoms with Gasteiger partial charge < -0.3 is 60.6 Å². The van der Waals surface area contributed by atoms with Gasteiger partial charge >= 0.3 is 11.9 Å². The Bertz CT molecular complexity index is 1090. The van der Waals surface area contributed by atoms with Crippen molar-refractivity contribution in [2.45, 2.75) is 115 Å². The summed E-state index contributed by atoms with van der Waals surface area (Å²) < 4.78 is 16.1. The SMILES string of the molecule is CCCC[C@H](NC(=O)[C@H]1CN(C(=O)CCC(=O)NCCOCCO[C@@H]2O[C@@H](C)[C@H](O)[C@@H](O)[C@H]2O)C[C@@H]1C(=O)N[C@@H](CCCC)C(=O)O)C(=O)O. The third-order valence-electron chi connectivity index (χ3n) is 8.72. The van der Waals surface area contributed by atoms with Crippen LogP contribution in [0, 0.1) is 11.8 Å². The molecule has 0 aromatic carbocycles. The number of likely N-dealkylation sites (tertiary alicyclic amines) is 1. The van der Waals surface area contributed by atoms with Gasteiger partial charge in [-0.15, -0.1) is 0 Å². The van der Waals surface area contributed by atoms with E-state index in [0.29, 0.717) is 25.7 Å². The molecule has 2 fully saturated rings. The zero-order valence-corrected chi connectivity index (χ0v) is 29.0. The summed E-state index contributed by atoms with van der Waals surface area (Å²) in [6.07, 6.45) is -3.62. The highest BCUT2D eigenvalue weighted by Gasteiger charge is 2.45. The lowest BCUT2D eigenvalue weighted by Gasteiger charge is -2.38. The minimum absolute atomic E-state index is 0.00101. The maximum atomic E-state index is 13.3. The highest BCUT2D eigenvalue weighted by Crippen LogP contribution is 2.26. The minimum Gasteiger partial charge on any atom is -0.480 e. The Balaban J connectivity index is 1.87. The molecule has 2 rings (SSSR count). The Labute approximate surface area is 291 Å². The van der Waals surface area contributed by atoms with Crippen LogP contribution in [0.5, 0.6) is 0 Å². The summed E-state index contributed by atoms with van der Waals surface area (Å²) in [4.78, 5) is 76.8. The second-order valence-corrected chi connectivity index (χ2v) is 12.6. The maximum Gasteiger partial charge on any atom is 0.326 e. The van der Waals surface area contributed by atoms with Gasteiger partial charge in [0.2, 0.25) is 23.6 Å². The molecule has 0 aromatic heterocycles. The summed E-state index contributed by atoms with van der Waals surface area (Å²) in [6.45, 7) is 5.12. The molecule has 2 heterocycles. The van der Waals surface area contributed by atoms with Crippen molar-refractivity contribution < 1.29 is 68.5 Å². The van der Waals surface area contributed by atoms with Gasteiger partial charge in [-0.1, -0.05) is 39.5 Å². The Morgan fingerprint density at radius 1 is 0.780 bits per heavy atom. The van der Waals surface area contributed by atoms with E-state index in [2.05, 4.69) is 16.0 Å². The molecule has 50 heavy (non-hydrogen) atoms. The quantitative estimate of drug-likeness (QED) is 0.0583. The van der Waals surface area contributed by atoms with E-state index in [1.807, 2.05) is 13.8 Å². The first kappa shape index (κ1) is 42.7. The number of carbonyl (C=O) groups excluding carboxylic acids is 4. The number of rotatable bonds is 22. The number of unbranched alkanes of at least 4 members (excludes halogenated alkanes) is 2. The Hall–Kier alpha value is -3.42. The molecular formula is C32H54N4O14. The minimum atomic E-state index is -1.44. The molecule has 9 atom stereocenters. The molecule has 4 amide bonds. The molecule has 2 aliphatic heterocycles. The highest BCUT2D eigenvalue weighted by atomic mass is 16.7. The van der Waals surface area contributed by atoms with Crippen molar-refractivity contribution in [2.75, 3.05) is 39.5 Å². The predicted molar refractivity (Wildman–Crippen MR) is 173 cm³/mol. The van der Waals surface area contributed by atoms with Crippen LogP contribution in [-0.2, 0) is 43.0 Å². The number of carboxylic acid groups (broad SMARTS) is 2. The summed E-state index contributed by atoms with van der Waals surface area (Å²) in [6, 6.07) is -2.39. The van der Waals surface area contributed by atoms with Gasteiger partial charge in [0.05, 0.1) is 37.8 Å². The number of carboxylic acids is 2. The Kier molecular flexibility index (Phi) is 18.6. The lowest BCUT2D eigenvalue weighted by atomic mass is 9.93. The predicted octanol–water partition coefficient (Wildman–Crippen LogP) is -1.66. The van der Waals surface area contributed by atoms with Crippen molar-refractivity contribution in [3.63, 3.8) is 0 Å². The van der Waals surface area contributed by atoms with Crippen LogP contribution in [-0.4, -0.2) is 148 Å². The van der Waals surface area contributed by atoms with Gasteiger partial charge in [0.1, 0.15) is 30.4 Å². The van der Waals surface area contributed by atoms with Crippen molar-refractivity contribution in [1.82, 2.24) is 20.9 Å². The smallest absolute Gasteiger partial charge is 0.326 e. The molecule has 0 aliphatic carbocycles. The first-order chi connectivity index (χ1) is 23.7. The zero-order chi connectivity index (χ0) is 37.4. The van der Waals surface area contributed by atoms with E-state index in [9.17, 15) is 54.3 Å². The van der Waals surface area contributed by atoms with Gasteiger partial charge in [-0.3, -0.25) is 19.2 Å². The standard InChI is InChI=1S/C32H54N4O14/c1-4-6-8-21(30(44)45)34-28(42)19-16-36(17-20(19)29(43)35-22(31(46)47)9-7-5-2)24(38)11-10-23(37)33-12-13-48-14-15-49-32-27(41)26(40)25(39)18(3)50-32/h18-22,25-27,32,39-41H,4-17H2,1-3H3,(H,33,37)(H,34,42)(H,35,43)(H,44,45)(H,46,47)/t18-,19-,20-,21-,22-,25-,26+,27+,32+/m0/s1. The third kappa shape index (κ3) is 13.4. The molecule has 0 spiro atoms. The average Bonchev–Trinajstić information content (AvgIpc) is 3.54. The molecule has 0 unspecified atom stereocenters. The van der Waals surface area contributed by atoms with Crippen LogP contribution >= 0.6 is 0 Å². The maximum absolute atomic E-state index is 13.3. The van der Waals surface area contributed by atoms with Gasteiger partial charge in [0, 0.05) is 32.5 Å². The molecule has 18 heteroatoms. The fourth-order valence-corrected chi connectivity index (χ4v) is 5.63. The van der Waals surface area contributed by atoms with E-state index in [-0.39, 0.29) is 65.1 Å². The molecule has 286 valence electrons. The topological polar surface area (TPSA) is 271 Å². The van der Waals surface area contributed by atoms with E-state index in [0.717, 1.165) is 0 Å². The Morgan fingerprint density at radius 3 is 1.82 bits per heavy atom. The number of hydrogen-bond acceptors (Lipinski definition) is 12.